The Balaban J connectivity index is 3.80. The minimum Gasteiger partial charge on any atom is -0.387 e. The fraction of sp³-hybridized carbons (Fsp3) is 0.429. The first-order valence-electron chi connectivity index (χ1n) is 5.49. The Morgan fingerprint density at radius 1 is 1.27 bits per heavy atom. The Morgan fingerprint density at radius 2 is 2.00 bits per heavy atom. The van der Waals surface area contributed by atoms with Crippen molar-refractivity contribution in [1.29, 1.82) is 0 Å². The molecule has 0 aliphatic rings. The molecule has 0 atom stereocenters. The molecule has 0 radical (unpaired) electrons. The maximum Gasteiger partial charge on any atom is 0.0355 e. The highest BCUT2D eigenvalue weighted by molar-refractivity contribution is 5.12. The molecule has 0 bridgehead atoms. The molecule has 1 N–H and O–H groups in total. The molecular weight excluding hydrogens is 182 g/mol. The van der Waals surface area contributed by atoms with Crippen molar-refractivity contribution >= 4 is 0 Å². The van der Waals surface area contributed by atoms with Gasteiger partial charge in [0, 0.05) is 6.54 Å². The highest BCUT2D eigenvalue weighted by Crippen LogP contribution is 2.02. The lowest BCUT2D eigenvalue weighted by Crippen LogP contribution is -2.08. The molecule has 0 aliphatic carbocycles. The first-order valence-corrected chi connectivity index (χ1v) is 5.49. The number of nitrogens with one attached hydrogen (secondary N) is 1. The molecule has 0 spiro atoms. The summed E-state index contributed by atoms with van der Waals surface area (Å²) in [6.07, 6.45) is 12.4. The molecule has 0 rings (SSSR count). The Morgan fingerprint density at radius 3 is 2.60 bits per heavy atom. The third-order valence-electron chi connectivity index (χ3n) is 2.05. The van der Waals surface area contributed by atoms with Gasteiger partial charge in [-0.3, -0.25) is 0 Å². The van der Waals surface area contributed by atoms with E-state index < -0.39 is 0 Å². The second-order valence-electron chi connectivity index (χ2n) is 3.74. The van der Waals surface area contributed by atoms with E-state index in [-0.39, 0.29) is 0 Å². The van der Waals surface area contributed by atoms with Crippen molar-refractivity contribution in [2.45, 2.75) is 33.6 Å². The SMILES string of the molecule is C=CCC/C(C)=C/NC/C(C)=C\C=C/C. The van der Waals surface area contributed by atoms with Crippen molar-refractivity contribution in [3.05, 3.63) is 48.2 Å². The van der Waals surface area contributed by atoms with Crippen LogP contribution in [0.3, 0.4) is 0 Å². The van der Waals surface area contributed by atoms with Crippen LogP contribution in [0.2, 0.25) is 0 Å². The molecule has 0 aromatic rings. The van der Waals surface area contributed by atoms with E-state index in [1.54, 1.807) is 0 Å². The zero-order valence-electron chi connectivity index (χ0n) is 10.2. The van der Waals surface area contributed by atoms with Crippen LogP contribution in [0.4, 0.5) is 0 Å². The molecule has 84 valence electrons. The molecule has 0 amide bonds. The van der Waals surface area contributed by atoms with Gasteiger partial charge < -0.3 is 5.32 Å². The summed E-state index contributed by atoms with van der Waals surface area (Å²) in [4.78, 5) is 0. The number of hydrogen-bond acceptors (Lipinski definition) is 1. The van der Waals surface area contributed by atoms with Gasteiger partial charge in [0.05, 0.1) is 0 Å². The van der Waals surface area contributed by atoms with Crippen molar-refractivity contribution in [1.82, 2.24) is 5.32 Å². The Kier molecular flexibility index (Phi) is 8.55. The number of allylic oxidation sites excluding steroid dienone is 5. The van der Waals surface area contributed by atoms with Crippen LogP contribution in [-0.4, -0.2) is 6.54 Å². The summed E-state index contributed by atoms with van der Waals surface area (Å²) in [5.74, 6) is 0. The van der Waals surface area contributed by atoms with E-state index in [4.69, 9.17) is 0 Å². The fourth-order valence-electron chi connectivity index (χ4n) is 1.11. The van der Waals surface area contributed by atoms with Gasteiger partial charge >= 0.3 is 0 Å². The first-order chi connectivity index (χ1) is 7.20. The van der Waals surface area contributed by atoms with E-state index in [2.05, 4.69) is 44.1 Å². The molecule has 1 heteroatoms. The minimum atomic E-state index is 0.912. The van der Waals surface area contributed by atoms with E-state index in [9.17, 15) is 0 Å². The molecule has 0 aliphatic heterocycles. The topological polar surface area (TPSA) is 12.0 Å². The van der Waals surface area contributed by atoms with Gasteiger partial charge in [0.25, 0.3) is 0 Å². The lowest BCUT2D eigenvalue weighted by molar-refractivity contribution is 0.890. The summed E-state index contributed by atoms with van der Waals surface area (Å²) in [5.41, 5.74) is 2.70. The van der Waals surface area contributed by atoms with Crippen LogP contribution in [0.5, 0.6) is 0 Å². The van der Waals surface area contributed by atoms with Crippen LogP contribution in [0.25, 0.3) is 0 Å². The summed E-state index contributed by atoms with van der Waals surface area (Å²) in [6, 6.07) is 0. The standard InChI is InChI=1S/C14H23N/c1-5-7-9-13(3)11-15-12-14(4)10-8-6-2/h5-6,8,10-11,15H,1,7,9,12H2,2-4H3/b8-6-,13-11+,14-10-. The Labute approximate surface area is 94.3 Å². The Bertz CT molecular complexity index is 257. The molecule has 0 saturated carbocycles. The van der Waals surface area contributed by atoms with Crippen LogP contribution < -0.4 is 5.32 Å². The molecule has 0 fully saturated rings. The monoisotopic (exact) mass is 205 g/mol. The largest absolute Gasteiger partial charge is 0.387 e. The lowest BCUT2D eigenvalue weighted by Gasteiger charge is -2.03. The molecule has 0 heterocycles. The lowest BCUT2D eigenvalue weighted by atomic mass is 10.2. The average Bonchev–Trinajstić information content (AvgIpc) is 2.23. The molecule has 0 unspecified atom stereocenters. The molecule has 0 saturated heterocycles. The maximum absolute atomic E-state index is 3.71. The number of hydrogen-bond donors (Lipinski definition) is 1. The van der Waals surface area contributed by atoms with Crippen LogP contribution >= 0.6 is 0 Å². The van der Waals surface area contributed by atoms with Crippen molar-refractivity contribution < 1.29 is 0 Å². The van der Waals surface area contributed by atoms with Gasteiger partial charge in [-0.1, -0.05) is 35.5 Å². The average molecular weight is 205 g/mol. The van der Waals surface area contributed by atoms with Crippen molar-refractivity contribution in [3.8, 4) is 0 Å². The van der Waals surface area contributed by atoms with Gasteiger partial charge in [0.15, 0.2) is 0 Å². The summed E-state index contributed by atoms with van der Waals surface area (Å²) < 4.78 is 0. The van der Waals surface area contributed by atoms with Gasteiger partial charge in [-0.25, -0.2) is 0 Å². The zero-order chi connectivity index (χ0) is 11.5. The number of rotatable bonds is 7. The van der Waals surface area contributed by atoms with Gasteiger partial charge in [0.1, 0.15) is 0 Å². The van der Waals surface area contributed by atoms with Crippen molar-refractivity contribution in [2.75, 3.05) is 6.54 Å². The van der Waals surface area contributed by atoms with Crippen LogP contribution in [0, 0.1) is 0 Å². The van der Waals surface area contributed by atoms with Crippen molar-refractivity contribution in [2.24, 2.45) is 0 Å². The molecular formula is C14H23N. The van der Waals surface area contributed by atoms with Gasteiger partial charge in [0.2, 0.25) is 0 Å². The van der Waals surface area contributed by atoms with Crippen LogP contribution in [-0.2, 0) is 0 Å². The normalized spacial score (nSPS) is 13.3. The summed E-state index contributed by atoms with van der Waals surface area (Å²) in [7, 11) is 0. The molecule has 0 aromatic heterocycles. The third-order valence-corrected chi connectivity index (χ3v) is 2.05. The summed E-state index contributed by atoms with van der Waals surface area (Å²) in [5, 5.41) is 3.30. The van der Waals surface area contributed by atoms with Gasteiger partial charge in [-0.15, -0.1) is 6.58 Å². The second kappa shape index (κ2) is 9.32. The van der Waals surface area contributed by atoms with Gasteiger partial charge in [-0.05, 0) is 39.8 Å². The minimum absolute atomic E-state index is 0.912. The Hall–Kier alpha value is -1.24. The van der Waals surface area contributed by atoms with E-state index in [1.807, 2.05) is 19.1 Å². The predicted molar refractivity (Wildman–Crippen MR) is 69.8 cm³/mol. The fourth-order valence-corrected chi connectivity index (χ4v) is 1.11. The molecule has 1 nitrogen and oxygen atoms in total. The molecule has 15 heavy (non-hydrogen) atoms. The first kappa shape index (κ1) is 13.8. The quantitative estimate of drug-likeness (QED) is 0.490. The summed E-state index contributed by atoms with van der Waals surface area (Å²) >= 11 is 0. The highest BCUT2D eigenvalue weighted by atomic mass is 14.8. The van der Waals surface area contributed by atoms with E-state index in [1.165, 1.54) is 11.1 Å². The predicted octanol–water partition coefficient (Wildman–Crippen LogP) is 3.97. The van der Waals surface area contributed by atoms with Crippen molar-refractivity contribution in [3.63, 3.8) is 0 Å². The van der Waals surface area contributed by atoms with E-state index in [0.29, 0.717) is 0 Å². The smallest absolute Gasteiger partial charge is 0.0355 e. The maximum atomic E-state index is 3.71. The summed E-state index contributed by atoms with van der Waals surface area (Å²) in [6.45, 7) is 10.9. The van der Waals surface area contributed by atoms with Crippen LogP contribution in [0.15, 0.2) is 48.2 Å². The second-order valence-corrected chi connectivity index (χ2v) is 3.74. The van der Waals surface area contributed by atoms with Gasteiger partial charge in [-0.2, -0.15) is 0 Å². The zero-order valence-corrected chi connectivity index (χ0v) is 10.2. The molecule has 0 aromatic carbocycles. The van der Waals surface area contributed by atoms with E-state index in [0.717, 1.165) is 19.4 Å². The third kappa shape index (κ3) is 9.07. The van der Waals surface area contributed by atoms with Crippen LogP contribution in [0.1, 0.15) is 33.6 Å². The highest BCUT2D eigenvalue weighted by Gasteiger charge is 1.88. The van der Waals surface area contributed by atoms with E-state index >= 15 is 0 Å².